The lowest BCUT2D eigenvalue weighted by atomic mass is 10.1. The Hall–Kier alpha value is -2.10. The van der Waals surface area contributed by atoms with Gasteiger partial charge in [0, 0.05) is 12.1 Å². The largest absolute Gasteiger partial charge is 0.360 e. The molecule has 1 amide bonds. The number of hydrogen-bond acceptors (Lipinski definition) is 3. The van der Waals surface area contributed by atoms with Crippen molar-refractivity contribution >= 4 is 5.91 Å². The number of benzene rings is 1. The molecule has 2 aromatic rings. The summed E-state index contributed by atoms with van der Waals surface area (Å²) in [6.45, 7) is 4.41. The zero-order valence-corrected chi connectivity index (χ0v) is 10.6. The maximum atomic E-state index is 12.1. The average Bonchev–Trinajstić information content (AvgIpc) is 2.79. The molecule has 1 heterocycles. The highest BCUT2D eigenvalue weighted by atomic mass is 16.5. The minimum Gasteiger partial charge on any atom is -0.360 e. The van der Waals surface area contributed by atoms with Gasteiger partial charge in [-0.15, -0.1) is 0 Å². The fraction of sp³-hybridized carbons (Fsp3) is 0.286. The summed E-state index contributed by atoms with van der Waals surface area (Å²) in [4.78, 5) is 12.1. The Morgan fingerprint density at radius 2 is 2.06 bits per heavy atom. The van der Waals surface area contributed by atoms with Gasteiger partial charge in [-0.2, -0.15) is 0 Å². The summed E-state index contributed by atoms with van der Waals surface area (Å²) in [5, 5.41) is 6.83. The van der Waals surface area contributed by atoms with Crippen molar-refractivity contribution in [2.75, 3.05) is 6.54 Å². The number of aromatic nitrogens is 1. The topological polar surface area (TPSA) is 55.1 Å². The molecule has 0 spiro atoms. The van der Waals surface area contributed by atoms with E-state index in [-0.39, 0.29) is 5.91 Å². The second kappa shape index (κ2) is 5.49. The number of hydrogen-bond donors (Lipinski definition) is 1. The number of carbonyl (C=O) groups excluding carboxylic acids is 1. The van der Waals surface area contributed by atoms with E-state index in [1.807, 2.05) is 37.3 Å². The summed E-state index contributed by atoms with van der Waals surface area (Å²) in [6.07, 6.45) is 0.900. The summed E-state index contributed by atoms with van der Waals surface area (Å²) >= 11 is 0. The van der Waals surface area contributed by atoms with Crippen LogP contribution in [0.5, 0.6) is 0 Å². The van der Waals surface area contributed by atoms with Crippen molar-refractivity contribution in [3.05, 3.63) is 41.7 Å². The normalized spacial score (nSPS) is 10.3. The second-order valence-corrected chi connectivity index (χ2v) is 4.08. The van der Waals surface area contributed by atoms with E-state index in [0.29, 0.717) is 23.6 Å². The van der Waals surface area contributed by atoms with Crippen LogP contribution in [-0.2, 0) is 0 Å². The number of amides is 1. The summed E-state index contributed by atoms with van der Waals surface area (Å²) in [5.74, 6) is 0.414. The molecule has 0 atom stereocenters. The molecule has 1 N–H and O–H groups in total. The standard InChI is InChI=1S/C14H16N2O2/c1-3-9-15-14(17)12-10(2)18-16-13(12)11-7-5-4-6-8-11/h4-8H,3,9H2,1-2H3,(H,15,17). The second-order valence-electron chi connectivity index (χ2n) is 4.08. The third-order valence-electron chi connectivity index (χ3n) is 2.67. The fourth-order valence-corrected chi connectivity index (χ4v) is 1.76. The molecule has 0 saturated carbocycles. The van der Waals surface area contributed by atoms with Gasteiger partial charge in [0.05, 0.1) is 0 Å². The molecule has 0 fully saturated rings. The van der Waals surface area contributed by atoms with Crippen molar-refractivity contribution in [1.82, 2.24) is 10.5 Å². The van der Waals surface area contributed by atoms with Gasteiger partial charge in [0.15, 0.2) is 0 Å². The Balaban J connectivity index is 2.36. The fourth-order valence-electron chi connectivity index (χ4n) is 1.76. The maximum Gasteiger partial charge on any atom is 0.257 e. The first-order chi connectivity index (χ1) is 8.74. The van der Waals surface area contributed by atoms with Crippen LogP contribution in [-0.4, -0.2) is 17.6 Å². The van der Waals surface area contributed by atoms with Gasteiger partial charge in [-0.05, 0) is 13.3 Å². The van der Waals surface area contributed by atoms with Gasteiger partial charge >= 0.3 is 0 Å². The van der Waals surface area contributed by atoms with Gasteiger partial charge in [0.1, 0.15) is 17.0 Å². The molecule has 2 rings (SSSR count). The van der Waals surface area contributed by atoms with E-state index < -0.39 is 0 Å². The van der Waals surface area contributed by atoms with Crippen LogP contribution in [0.15, 0.2) is 34.9 Å². The van der Waals surface area contributed by atoms with Crippen molar-refractivity contribution in [3.8, 4) is 11.3 Å². The van der Waals surface area contributed by atoms with E-state index >= 15 is 0 Å². The summed E-state index contributed by atoms with van der Waals surface area (Å²) in [5.41, 5.74) is 2.01. The molecule has 0 aliphatic rings. The lowest BCUT2D eigenvalue weighted by molar-refractivity contribution is 0.0952. The number of nitrogens with one attached hydrogen (secondary N) is 1. The molecular formula is C14H16N2O2. The van der Waals surface area contributed by atoms with Crippen molar-refractivity contribution in [2.45, 2.75) is 20.3 Å². The van der Waals surface area contributed by atoms with Gasteiger partial charge in [0.25, 0.3) is 5.91 Å². The first kappa shape index (κ1) is 12.4. The zero-order chi connectivity index (χ0) is 13.0. The molecule has 0 unspecified atom stereocenters. The van der Waals surface area contributed by atoms with Crippen LogP contribution in [0.3, 0.4) is 0 Å². The predicted molar refractivity (Wildman–Crippen MR) is 69.3 cm³/mol. The van der Waals surface area contributed by atoms with Crippen LogP contribution >= 0.6 is 0 Å². The third-order valence-corrected chi connectivity index (χ3v) is 2.67. The van der Waals surface area contributed by atoms with Crippen LogP contribution in [0.25, 0.3) is 11.3 Å². The molecule has 1 aromatic heterocycles. The average molecular weight is 244 g/mol. The summed E-state index contributed by atoms with van der Waals surface area (Å²) in [6, 6.07) is 9.56. The number of aryl methyl sites for hydroxylation is 1. The van der Waals surface area contributed by atoms with Crippen molar-refractivity contribution in [3.63, 3.8) is 0 Å². The van der Waals surface area contributed by atoms with Gasteiger partial charge < -0.3 is 9.84 Å². The van der Waals surface area contributed by atoms with Crippen molar-refractivity contribution < 1.29 is 9.32 Å². The molecule has 94 valence electrons. The summed E-state index contributed by atoms with van der Waals surface area (Å²) in [7, 11) is 0. The minimum atomic E-state index is -0.130. The van der Waals surface area contributed by atoms with Gasteiger partial charge in [-0.25, -0.2) is 0 Å². The zero-order valence-electron chi connectivity index (χ0n) is 10.6. The van der Waals surface area contributed by atoms with E-state index in [9.17, 15) is 4.79 Å². The van der Waals surface area contributed by atoms with Crippen LogP contribution < -0.4 is 5.32 Å². The van der Waals surface area contributed by atoms with E-state index in [2.05, 4.69) is 10.5 Å². The van der Waals surface area contributed by atoms with E-state index in [1.165, 1.54) is 0 Å². The lowest BCUT2D eigenvalue weighted by Gasteiger charge is -2.04. The van der Waals surface area contributed by atoms with Crippen LogP contribution in [0.1, 0.15) is 29.5 Å². The van der Waals surface area contributed by atoms with E-state index in [0.717, 1.165) is 12.0 Å². The third kappa shape index (κ3) is 2.42. The number of carbonyl (C=O) groups is 1. The molecule has 1 aromatic carbocycles. The molecule has 4 heteroatoms. The molecule has 0 bridgehead atoms. The lowest BCUT2D eigenvalue weighted by Crippen LogP contribution is -2.24. The Labute approximate surface area is 106 Å². The highest BCUT2D eigenvalue weighted by molar-refractivity contribution is 6.00. The molecule has 0 aliphatic carbocycles. The van der Waals surface area contributed by atoms with Crippen LogP contribution in [0.4, 0.5) is 0 Å². The van der Waals surface area contributed by atoms with Crippen molar-refractivity contribution in [1.29, 1.82) is 0 Å². The first-order valence-electron chi connectivity index (χ1n) is 6.04. The molecule has 0 radical (unpaired) electrons. The molecule has 4 nitrogen and oxygen atoms in total. The number of nitrogens with zero attached hydrogens (tertiary/aromatic N) is 1. The Morgan fingerprint density at radius 3 is 2.72 bits per heavy atom. The van der Waals surface area contributed by atoms with Gasteiger partial charge in [0.2, 0.25) is 0 Å². The van der Waals surface area contributed by atoms with E-state index in [4.69, 9.17) is 4.52 Å². The smallest absolute Gasteiger partial charge is 0.257 e. The summed E-state index contributed by atoms with van der Waals surface area (Å²) < 4.78 is 5.14. The Morgan fingerprint density at radius 1 is 1.33 bits per heavy atom. The number of rotatable bonds is 4. The molecule has 18 heavy (non-hydrogen) atoms. The highest BCUT2D eigenvalue weighted by Crippen LogP contribution is 2.24. The maximum absolute atomic E-state index is 12.1. The molecular weight excluding hydrogens is 228 g/mol. The quantitative estimate of drug-likeness (QED) is 0.899. The van der Waals surface area contributed by atoms with Gasteiger partial charge in [-0.1, -0.05) is 42.4 Å². The Kier molecular flexibility index (Phi) is 3.77. The SMILES string of the molecule is CCCNC(=O)c1c(-c2ccccc2)noc1C. The highest BCUT2D eigenvalue weighted by Gasteiger charge is 2.20. The van der Waals surface area contributed by atoms with E-state index in [1.54, 1.807) is 6.92 Å². The van der Waals surface area contributed by atoms with Gasteiger partial charge in [-0.3, -0.25) is 4.79 Å². The monoisotopic (exact) mass is 244 g/mol. The molecule has 0 saturated heterocycles. The molecule has 0 aliphatic heterocycles. The predicted octanol–water partition coefficient (Wildman–Crippen LogP) is 2.79. The first-order valence-corrected chi connectivity index (χ1v) is 6.04. The minimum absolute atomic E-state index is 0.130. The van der Waals surface area contributed by atoms with Crippen LogP contribution in [0.2, 0.25) is 0 Å². The Bertz CT molecular complexity index is 532. The van der Waals surface area contributed by atoms with Crippen molar-refractivity contribution in [2.24, 2.45) is 0 Å². The van der Waals surface area contributed by atoms with Crippen LogP contribution in [0, 0.1) is 6.92 Å².